The van der Waals surface area contributed by atoms with E-state index in [1.54, 1.807) is 15.9 Å². The maximum absolute atomic E-state index is 13.3. The van der Waals surface area contributed by atoms with Crippen LogP contribution >= 0.6 is 23.6 Å². The SMILES string of the molecule is O=c1c2c3c(sc2[nH]c(=S)n1Cc1ccccc1)-c1ccccc1CC3. The highest BCUT2D eigenvalue weighted by Crippen LogP contribution is 2.41. The summed E-state index contributed by atoms with van der Waals surface area (Å²) < 4.78 is 2.17. The fraction of sp³-hybridized carbons (Fsp3) is 0.143. The van der Waals surface area contributed by atoms with Crippen molar-refractivity contribution in [1.82, 2.24) is 9.55 Å². The maximum Gasteiger partial charge on any atom is 0.263 e. The van der Waals surface area contributed by atoms with Crippen LogP contribution in [0.3, 0.4) is 0 Å². The third kappa shape index (κ3) is 2.39. The van der Waals surface area contributed by atoms with Gasteiger partial charge in [0.25, 0.3) is 5.56 Å². The van der Waals surface area contributed by atoms with Crippen molar-refractivity contribution in [3.05, 3.63) is 86.4 Å². The molecule has 0 amide bonds. The number of H-pyrrole nitrogens is 1. The molecule has 0 spiro atoms. The molecular formula is C21H16N2OS2. The van der Waals surface area contributed by atoms with Crippen LogP contribution in [0.15, 0.2) is 59.4 Å². The summed E-state index contributed by atoms with van der Waals surface area (Å²) >= 11 is 7.15. The van der Waals surface area contributed by atoms with E-state index in [4.69, 9.17) is 12.2 Å². The highest BCUT2D eigenvalue weighted by atomic mass is 32.1. The lowest BCUT2D eigenvalue weighted by molar-refractivity contribution is 0.734. The number of benzene rings is 2. The van der Waals surface area contributed by atoms with Crippen LogP contribution in [0.5, 0.6) is 0 Å². The monoisotopic (exact) mass is 376 g/mol. The lowest BCUT2D eigenvalue weighted by Gasteiger charge is -2.15. The molecule has 1 aliphatic carbocycles. The second kappa shape index (κ2) is 6.04. The van der Waals surface area contributed by atoms with Gasteiger partial charge in [0.15, 0.2) is 4.77 Å². The topological polar surface area (TPSA) is 37.8 Å². The minimum absolute atomic E-state index is 0.0180. The van der Waals surface area contributed by atoms with Crippen molar-refractivity contribution < 1.29 is 0 Å². The Hall–Kier alpha value is -2.50. The quantitative estimate of drug-likeness (QED) is 0.504. The van der Waals surface area contributed by atoms with E-state index in [0.29, 0.717) is 11.3 Å². The number of aromatic nitrogens is 2. The molecule has 2 heterocycles. The highest BCUT2D eigenvalue weighted by molar-refractivity contribution is 7.71. The van der Waals surface area contributed by atoms with Gasteiger partial charge in [-0.2, -0.15) is 0 Å². The summed E-state index contributed by atoms with van der Waals surface area (Å²) in [5, 5.41) is 0.809. The number of rotatable bonds is 2. The van der Waals surface area contributed by atoms with Gasteiger partial charge >= 0.3 is 0 Å². The first-order valence-electron chi connectivity index (χ1n) is 8.63. The number of nitrogens with zero attached hydrogens (tertiary/aromatic N) is 1. The molecule has 2 aromatic heterocycles. The molecule has 3 nitrogen and oxygen atoms in total. The molecule has 5 heteroatoms. The van der Waals surface area contributed by atoms with Crippen molar-refractivity contribution in [2.24, 2.45) is 0 Å². The van der Waals surface area contributed by atoms with Gasteiger partial charge in [0, 0.05) is 4.88 Å². The summed E-state index contributed by atoms with van der Waals surface area (Å²) in [5.74, 6) is 0. The van der Waals surface area contributed by atoms with E-state index in [0.717, 1.165) is 28.6 Å². The third-order valence-corrected chi connectivity index (χ3v) is 6.52. The van der Waals surface area contributed by atoms with Gasteiger partial charge in [0.05, 0.1) is 11.9 Å². The van der Waals surface area contributed by atoms with Gasteiger partial charge in [0.1, 0.15) is 4.83 Å². The third-order valence-electron chi connectivity index (χ3n) is 5.02. The first-order chi connectivity index (χ1) is 12.7. The molecule has 0 atom stereocenters. The Kier molecular flexibility index (Phi) is 3.65. The van der Waals surface area contributed by atoms with Crippen LogP contribution in [0.4, 0.5) is 0 Å². The molecule has 5 rings (SSSR count). The highest BCUT2D eigenvalue weighted by Gasteiger charge is 2.23. The Morgan fingerprint density at radius 3 is 2.65 bits per heavy atom. The zero-order chi connectivity index (χ0) is 17.7. The molecule has 0 fully saturated rings. The first-order valence-corrected chi connectivity index (χ1v) is 9.85. The number of hydrogen-bond acceptors (Lipinski definition) is 3. The average Bonchev–Trinajstić information content (AvgIpc) is 3.04. The van der Waals surface area contributed by atoms with Gasteiger partial charge in [-0.15, -0.1) is 11.3 Å². The molecule has 0 bridgehead atoms. The summed E-state index contributed by atoms with van der Waals surface area (Å²) in [6.07, 6.45) is 1.88. The molecule has 1 aliphatic rings. The number of thiophene rings is 1. The number of aryl methyl sites for hydroxylation is 2. The van der Waals surface area contributed by atoms with Crippen molar-refractivity contribution in [1.29, 1.82) is 0 Å². The Morgan fingerprint density at radius 2 is 1.81 bits per heavy atom. The van der Waals surface area contributed by atoms with Crippen LogP contribution in [0.2, 0.25) is 0 Å². The predicted molar refractivity (Wildman–Crippen MR) is 110 cm³/mol. The van der Waals surface area contributed by atoms with E-state index in [1.807, 2.05) is 30.3 Å². The van der Waals surface area contributed by atoms with Crippen LogP contribution in [-0.4, -0.2) is 9.55 Å². The Labute approximate surface area is 159 Å². The lowest BCUT2D eigenvalue weighted by Crippen LogP contribution is -2.23. The first kappa shape index (κ1) is 15.7. The van der Waals surface area contributed by atoms with E-state index in [9.17, 15) is 4.79 Å². The fourth-order valence-corrected chi connectivity index (χ4v) is 5.37. The smallest absolute Gasteiger partial charge is 0.263 e. The van der Waals surface area contributed by atoms with E-state index in [-0.39, 0.29) is 5.56 Å². The van der Waals surface area contributed by atoms with Crippen LogP contribution < -0.4 is 5.56 Å². The van der Waals surface area contributed by atoms with Gasteiger partial charge in [0.2, 0.25) is 0 Å². The second-order valence-electron chi connectivity index (χ2n) is 6.58. The predicted octanol–water partition coefficient (Wildman–Crippen LogP) is 4.93. The second-order valence-corrected chi connectivity index (χ2v) is 7.99. The molecule has 0 saturated carbocycles. The van der Waals surface area contributed by atoms with Gasteiger partial charge in [-0.1, -0.05) is 54.6 Å². The molecule has 128 valence electrons. The maximum atomic E-state index is 13.3. The fourth-order valence-electron chi connectivity index (χ4n) is 3.76. The number of fused-ring (bicyclic) bond motifs is 5. The standard InChI is InChI=1S/C21H16N2OS2/c24-20-17-16-11-10-14-8-4-5-9-15(14)18(16)26-19(17)22-21(25)23(20)12-13-6-2-1-3-7-13/h1-9H,10-12H2,(H,22,25). The molecule has 1 N–H and O–H groups in total. The van der Waals surface area contributed by atoms with Gasteiger partial charge in [-0.05, 0) is 47.3 Å². The largest absolute Gasteiger partial charge is 0.323 e. The molecule has 2 aromatic carbocycles. The van der Waals surface area contributed by atoms with Gasteiger partial charge < -0.3 is 4.98 Å². The van der Waals surface area contributed by atoms with Crippen LogP contribution in [0.1, 0.15) is 16.7 Å². The molecular weight excluding hydrogens is 360 g/mol. The van der Waals surface area contributed by atoms with E-state index < -0.39 is 0 Å². The van der Waals surface area contributed by atoms with Crippen molar-refractivity contribution in [2.45, 2.75) is 19.4 Å². The molecule has 0 saturated heterocycles. The molecule has 0 aliphatic heterocycles. The van der Waals surface area contributed by atoms with E-state index in [2.05, 4.69) is 29.2 Å². The van der Waals surface area contributed by atoms with Crippen LogP contribution in [-0.2, 0) is 19.4 Å². The van der Waals surface area contributed by atoms with Gasteiger partial charge in [-0.3, -0.25) is 9.36 Å². The van der Waals surface area contributed by atoms with Crippen molar-refractivity contribution >= 4 is 33.8 Å². The lowest BCUT2D eigenvalue weighted by atomic mass is 9.90. The van der Waals surface area contributed by atoms with Crippen molar-refractivity contribution in [3.63, 3.8) is 0 Å². The molecule has 0 unspecified atom stereocenters. The van der Waals surface area contributed by atoms with Crippen molar-refractivity contribution in [2.75, 3.05) is 0 Å². The normalized spacial score (nSPS) is 12.8. The number of aromatic amines is 1. The summed E-state index contributed by atoms with van der Waals surface area (Å²) in [7, 11) is 0. The minimum Gasteiger partial charge on any atom is -0.323 e. The Morgan fingerprint density at radius 1 is 1.04 bits per heavy atom. The van der Waals surface area contributed by atoms with E-state index in [1.165, 1.54) is 21.6 Å². The molecule has 0 radical (unpaired) electrons. The molecule has 26 heavy (non-hydrogen) atoms. The summed E-state index contributed by atoms with van der Waals surface area (Å²) in [6.45, 7) is 0.492. The summed E-state index contributed by atoms with van der Waals surface area (Å²) in [4.78, 5) is 18.7. The number of nitrogens with one attached hydrogen (secondary N) is 1. The van der Waals surface area contributed by atoms with Crippen LogP contribution in [0, 0.1) is 4.77 Å². The van der Waals surface area contributed by atoms with E-state index >= 15 is 0 Å². The molecule has 4 aromatic rings. The van der Waals surface area contributed by atoms with Crippen molar-refractivity contribution in [3.8, 4) is 10.4 Å². The van der Waals surface area contributed by atoms with Crippen LogP contribution in [0.25, 0.3) is 20.7 Å². The summed E-state index contributed by atoms with van der Waals surface area (Å²) in [6, 6.07) is 18.5. The zero-order valence-electron chi connectivity index (χ0n) is 14.0. The number of hydrogen-bond donors (Lipinski definition) is 1. The minimum atomic E-state index is 0.0180. The zero-order valence-corrected chi connectivity index (χ0v) is 15.6. The average molecular weight is 377 g/mol. The Balaban J connectivity index is 1.75. The Bertz CT molecular complexity index is 1250. The summed E-state index contributed by atoms with van der Waals surface area (Å²) in [5.41, 5.74) is 4.87. The van der Waals surface area contributed by atoms with Gasteiger partial charge in [-0.25, -0.2) is 0 Å².